The molecular weight excluding hydrogens is 246 g/mol. The first-order valence-corrected chi connectivity index (χ1v) is 4.96. The Morgan fingerprint density at radius 3 is 2.72 bits per heavy atom. The number of carbonyl (C=O) groups excluding carboxylic acids is 1. The number of nitrogens with one attached hydrogen (secondary N) is 1. The fourth-order valence-corrected chi connectivity index (χ4v) is 1.29. The number of nitrogens with zero attached hydrogens (tertiary/aromatic N) is 1. The van der Waals surface area contributed by atoms with Crippen molar-refractivity contribution in [3.05, 3.63) is 45.5 Å². The topological polar surface area (TPSA) is 72.2 Å². The van der Waals surface area contributed by atoms with E-state index in [1.807, 2.05) is 0 Å². The fraction of sp³-hybridized carbons (Fsp3) is 0.182. The van der Waals surface area contributed by atoms with Crippen molar-refractivity contribution in [1.29, 1.82) is 0 Å². The van der Waals surface area contributed by atoms with Crippen LogP contribution in [-0.2, 0) is 4.79 Å². The molecule has 0 saturated heterocycles. The summed E-state index contributed by atoms with van der Waals surface area (Å²) in [7, 11) is 0. The van der Waals surface area contributed by atoms with E-state index in [4.69, 9.17) is 0 Å². The number of nitro benzene ring substituents is 1. The molecule has 1 aromatic rings. The van der Waals surface area contributed by atoms with E-state index in [2.05, 4.69) is 5.32 Å². The third kappa shape index (κ3) is 3.62. The van der Waals surface area contributed by atoms with Crippen LogP contribution < -0.4 is 5.32 Å². The number of halogens is 2. The van der Waals surface area contributed by atoms with Gasteiger partial charge in [0.25, 0.3) is 0 Å². The van der Waals surface area contributed by atoms with Crippen molar-refractivity contribution in [2.75, 3.05) is 6.54 Å². The highest BCUT2D eigenvalue weighted by Crippen LogP contribution is 2.25. The molecule has 0 heterocycles. The van der Waals surface area contributed by atoms with Gasteiger partial charge in [-0.15, -0.1) is 0 Å². The highest BCUT2D eigenvalue weighted by molar-refractivity contribution is 5.73. The van der Waals surface area contributed by atoms with Gasteiger partial charge in [-0.2, -0.15) is 4.39 Å². The summed E-state index contributed by atoms with van der Waals surface area (Å²) in [6, 6.07) is 1.30. The van der Waals surface area contributed by atoms with Gasteiger partial charge < -0.3 is 5.32 Å². The Kier molecular flexibility index (Phi) is 4.47. The molecule has 0 aliphatic carbocycles. The first kappa shape index (κ1) is 13.8. The zero-order valence-corrected chi connectivity index (χ0v) is 9.44. The lowest BCUT2D eigenvalue weighted by atomic mass is 10.1. The summed E-state index contributed by atoms with van der Waals surface area (Å²) in [5, 5.41) is 13.0. The van der Waals surface area contributed by atoms with Crippen LogP contribution >= 0.6 is 0 Å². The quantitative estimate of drug-likeness (QED) is 0.661. The van der Waals surface area contributed by atoms with Crippen LogP contribution in [0.25, 0.3) is 6.08 Å². The molecule has 0 saturated carbocycles. The molecule has 96 valence electrons. The van der Waals surface area contributed by atoms with Crippen LogP contribution in [0.1, 0.15) is 12.5 Å². The Hall–Kier alpha value is -2.31. The molecule has 18 heavy (non-hydrogen) atoms. The third-order valence-corrected chi connectivity index (χ3v) is 2.01. The van der Waals surface area contributed by atoms with Gasteiger partial charge in [0.05, 0.1) is 10.5 Å². The van der Waals surface area contributed by atoms with E-state index in [1.165, 1.54) is 19.1 Å². The van der Waals surface area contributed by atoms with Gasteiger partial charge >= 0.3 is 5.69 Å². The van der Waals surface area contributed by atoms with Crippen molar-refractivity contribution in [3.63, 3.8) is 0 Å². The zero-order chi connectivity index (χ0) is 13.7. The second-order valence-electron chi connectivity index (χ2n) is 3.42. The highest BCUT2D eigenvalue weighted by Gasteiger charge is 2.19. The monoisotopic (exact) mass is 256 g/mol. The summed E-state index contributed by atoms with van der Waals surface area (Å²) < 4.78 is 26.2. The van der Waals surface area contributed by atoms with Gasteiger partial charge in [-0.1, -0.05) is 12.2 Å². The Balaban J connectivity index is 3.00. The molecule has 1 aromatic carbocycles. The predicted octanol–water partition coefficient (Wildman–Crippen LogP) is 2.02. The van der Waals surface area contributed by atoms with Gasteiger partial charge in [-0.3, -0.25) is 14.9 Å². The van der Waals surface area contributed by atoms with Crippen LogP contribution in [0, 0.1) is 21.7 Å². The first-order chi connectivity index (χ1) is 8.41. The van der Waals surface area contributed by atoms with E-state index in [-0.39, 0.29) is 18.0 Å². The lowest BCUT2D eigenvalue weighted by Crippen LogP contribution is -2.19. The van der Waals surface area contributed by atoms with Crippen molar-refractivity contribution >= 4 is 17.7 Å². The number of nitro groups is 1. The zero-order valence-electron chi connectivity index (χ0n) is 9.44. The number of hydrogen-bond acceptors (Lipinski definition) is 3. The number of amides is 1. The van der Waals surface area contributed by atoms with E-state index in [0.29, 0.717) is 6.07 Å². The summed E-state index contributed by atoms with van der Waals surface area (Å²) >= 11 is 0. The van der Waals surface area contributed by atoms with Crippen molar-refractivity contribution in [2.45, 2.75) is 6.92 Å². The first-order valence-electron chi connectivity index (χ1n) is 4.96. The molecule has 7 heteroatoms. The van der Waals surface area contributed by atoms with Crippen LogP contribution in [0.2, 0.25) is 0 Å². The summed E-state index contributed by atoms with van der Waals surface area (Å²) in [6.07, 6.45) is 2.54. The van der Waals surface area contributed by atoms with E-state index >= 15 is 0 Å². The normalized spacial score (nSPS) is 10.6. The number of rotatable bonds is 4. The molecular formula is C11H10F2N2O3. The van der Waals surface area contributed by atoms with Gasteiger partial charge in [0.1, 0.15) is 5.82 Å². The number of carbonyl (C=O) groups is 1. The average Bonchev–Trinajstić information content (AvgIpc) is 2.22. The molecule has 0 bridgehead atoms. The molecule has 1 amide bonds. The summed E-state index contributed by atoms with van der Waals surface area (Å²) in [6.45, 7) is 1.42. The van der Waals surface area contributed by atoms with Crippen molar-refractivity contribution in [1.82, 2.24) is 5.32 Å². The molecule has 0 radical (unpaired) electrons. The van der Waals surface area contributed by atoms with Crippen LogP contribution in [0.5, 0.6) is 0 Å². The smallest absolute Gasteiger partial charge is 0.312 e. The van der Waals surface area contributed by atoms with Gasteiger partial charge in [0.15, 0.2) is 0 Å². The van der Waals surface area contributed by atoms with Gasteiger partial charge in [-0.05, 0) is 6.07 Å². The van der Waals surface area contributed by atoms with Gasteiger partial charge in [0.2, 0.25) is 11.7 Å². The third-order valence-electron chi connectivity index (χ3n) is 2.01. The van der Waals surface area contributed by atoms with Crippen molar-refractivity contribution in [3.8, 4) is 0 Å². The minimum absolute atomic E-state index is 0.116. The molecule has 0 aromatic heterocycles. The molecule has 0 atom stereocenters. The molecule has 5 nitrogen and oxygen atoms in total. The highest BCUT2D eigenvalue weighted by atomic mass is 19.1. The Bertz CT molecular complexity index is 515. The van der Waals surface area contributed by atoms with Gasteiger partial charge in [-0.25, -0.2) is 4.39 Å². The maximum atomic E-state index is 13.2. The Labute approximate surface area is 101 Å². The van der Waals surface area contributed by atoms with Crippen molar-refractivity contribution < 1.29 is 18.5 Å². The predicted molar refractivity (Wildman–Crippen MR) is 60.7 cm³/mol. The maximum absolute atomic E-state index is 13.2. The summed E-state index contributed by atoms with van der Waals surface area (Å²) in [5.41, 5.74) is -0.988. The van der Waals surface area contributed by atoms with E-state index < -0.39 is 22.2 Å². The summed E-state index contributed by atoms with van der Waals surface area (Å²) in [5.74, 6) is -2.42. The van der Waals surface area contributed by atoms with Crippen LogP contribution in [0.4, 0.5) is 14.5 Å². The Morgan fingerprint density at radius 2 is 2.17 bits per heavy atom. The lowest BCUT2D eigenvalue weighted by Gasteiger charge is -2.00. The second-order valence-corrected chi connectivity index (χ2v) is 3.42. The number of hydrogen-bond donors (Lipinski definition) is 1. The number of benzene rings is 1. The molecule has 0 unspecified atom stereocenters. The maximum Gasteiger partial charge on any atom is 0.312 e. The standard InChI is InChI=1S/C11H10F2N2O3/c1-7(16)14-4-2-3-8-5-9(12)6-10(13)11(8)15(17)18/h2-3,5-6H,4H2,1H3,(H,14,16). The fourth-order valence-electron chi connectivity index (χ4n) is 1.29. The molecule has 0 aliphatic heterocycles. The minimum atomic E-state index is -1.24. The second kappa shape index (κ2) is 5.85. The minimum Gasteiger partial charge on any atom is -0.353 e. The molecule has 0 fully saturated rings. The molecule has 0 spiro atoms. The van der Waals surface area contributed by atoms with Crippen LogP contribution in [0.3, 0.4) is 0 Å². The molecule has 1 N–H and O–H groups in total. The van der Waals surface area contributed by atoms with Crippen molar-refractivity contribution in [2.24, 2.45) is 0 Å². The van der Waals surface area contributed by atoms with E-state index in [9.17, 15) is 23.7 Å². The average molecular weight is 256 g/mol. The SMILES string of the molecule is CC(=O)NCC=Cc1cc(F)cc(F)c1[N+](=O)[O-]. The largest absolute Gasteiger partial charge is 0.353 e. The van der Waals surface area contributed by atoms with Gasteiger partial charge in [0, 0.05) is 19.5 Å². The summed E-state index contributed by atoms with van der Waals surface area (Å²) in [4.78, 5) is 20.3. The molecule has 0 aliphatic rings. The lowest BCUT2D eigenvalue weighted by molar-refractivity contribution is -0.387. The van der Waals surface area contributed by atoms with E-state index in [1.54, 1.807) is 0 Å². The Morgan fingerprint density at radius 1 is 1.50 bits per heavy atom. The van der Waals surface area contributed by atoms with Crippen LogP contribution in [0.15, 0.2) is 18.2 Å². The van der Waals surface area contributed by atoms with E-state index in [0.717, 1.165) is 6.07 Å². The molecule has 1 rings (SSSR count). The van der Waals surface area contributed by atoms with Crippen LogP contribution in [-0.4, -0.2) is 17.4 Å².